The molecule has 174 valence electrons. The van der Waals surface area contributed by atoms with Crippen LogP contribution in [0.15, 0.2) is 64.1 Å². The summed E-state index contributed by atoms with van der Waals surface area (Å²) < 4.78 is 48.1. The summed E-state index contributed by atoms with van der Waals surface area (Å²) in [7, 11) is 0. The molecule has 0 aliphatic heterocycles. The van der Waals surface area contributed by atoms with E-state index in [2.05, 4.69) is 36.2 Å². The van der Waals surface area contributed by atoms with Gasteiger partial charge in [-0.25, -0.2) is 9.97 Å². The predicted molar refractivity (Wildman–Crippen MR) is 109 cm³/mol. The van der Waals surface area contributed by atoms with Crippen LogP contribution in [0.5, 0.6) is 0 Å². The summed E-state index contributed by atoms with van der Waals surface area (Å²) in [5.74, 6) is -0.900. The summed E-state index contributed by atoms with van der Waals surface area (Å²) in [4.78, 5) is 32.5. The monoisotopic (exact) mass is 473 g/mol. The quantitative estimate of drug-likeness (QED) is 0.367. The number of hydrogen-bond donors (Lipinski definition) is 3. The van der Waals surface area contributed by atoms with Crippen molar-refractivity contribution in [3.8, 4) is 0 Å². The number of nitrogens with zero attached hydrogens (tertiary/aromatic N) is 4. The van der Waals surface area contributed by atoms with Crippen molar-refractivity contribution >= 4 is 29.1 Å². The molecule has 0 bridgehead atoms. The molecule has 0 atom stereocenters. The molecule has 0 fully saturated rings. The van der Waals surface area contributed by atoms with Crippen LogP contribution in [0.3, 0.4) is 0 Å². The summed E-state index contributed by atoms with van der Waals surface area (Å²) in [6, 6.07) is 8.35. The Bertz CT molecular complexity index is 1310. The number of carbonyl (C=O) groups excluding carboxylic acids is 2. The van der Waals surface area contributed by atoms with Crippen molar-refractivity contribution in [2.45, 2.75) is 12.7 Å². The zero-order valence-electron chi connectivity index (χ0n) is 17.0. The Morgan fingerprint density at radius 2 is 1.82 bits per heavy atom. The third-order valence-corrected chi connectivity index (χ3v) is 4.25. The van der Waals surface area contributed by atoms with Crippen LogP contribution in [0.4, 0.5) is 30.5 Å². The smallest absolute Gasteiger partial charge is 0.363 e. The first-order valence-corrected chi connectivity index (χ1v) is 9.50. The van der Waals surface area contributed by atoms with E-state index in [4.69, 9.17) is 9.05 Å². The van der Waals surface area contributed by atoms with Crippen LogP contribution in [-0.4, -0.2) is 32.1 Å². The normalized spacial score (nSPS) is 11.1. The molecule has 0 saturated carbocycles. The molecule has 4 rings (SSSR count). The Hall–Kier alpha value is -4.75. The molecule has 2 amide bonds. The fourth-order valence-corrected chi connectivity index (χ4v) is 2.69. The van der Waals surface area contributed by atoms with E-state index in [-0.39, 0.29) is 29.4 Å². The molecule has 0 radical (unpaired) electrons. The van der Waals surface area contributed by atoms with Crippen LogP contribution in [0.1, 0.15) is 32.3 Å². The highest BCUT2D eigenvalue weighted by Gasteiger charge is 2.30. The molecule has 11 nitrogen and oxygen atoms in total. The van der Waals surface area contributed by atoms with Crippen molar-refractivity contribution in [1.29, 1.82) is 0 Å². The highest BCUT2D eigenvalue weighted by Crippen LogP contribution is 2.30. The number of halogens is 3. The Kier molecular flexibility index (Phi) is 6.20. The lowest BCUT2D eigenvalue weighted by Crippen LogP contribution is -2.24. The van der Waals surface area contributed by atoms with Gasteiger partial charge >= 0.3 is 6.18 Å². The van der Waals surface area contributed by atoms with Crippen molar-refractivity contribution in [3.63, 3.8) is 0 Å². The molecule has 0 aliphatic carbocycles. The second-order valence-electron chi connectivity index (χ2n) is 6.70. The van der Waals surface area contributed by atoms with Gasteiger partial charge in [-0.2, -0.15) is 13.2 Å². The molecule has 3 aromatic heterocycles. The minimum Gasteiger partial charge on any atom is -0.363 e. The zero-order chi connectivity index (χ0) is 24.1. The average molecular weight is 473 g/mol. The predicted octanol–water partition coefficient (Wildman–Crippen LogP) is 3.40. The second kappa shape index (κ2) is 9.40. The molecule has 4 aromatic rings. The summed E-state index contributed by atoms with van der Waals surface area (Å²) in [6.45, 7) is -0.102. The lowest BCUT2D eigenvalue weighted by atomic mass is 10.2. The summed E-state index contributed by atoms with van der Waals surface area (Å²) in [5, 5.41) is 15.0. The summed E-state index contributed by atoms with van der Waals surface area (Å²) >= 11 is 0. The van der Waals surface area contributed by atoms with Gasteiger partial charge in [0.2, 0.25) is 5.76 Å². The number of anilines is 3. The third kappa shape index (κ3) is 5.53. The van der Waals surface area contributed by atoms with Gasteiger partial charge in [-0.3, -0.25) is 9.59 Å². The van der Waals surface area contributed by atoms with Gasteiger partial charge in [0.15, 0.2) is 5.82 Å². The van der Waals surface area contributed by atoms with E-state index < -0.39 is 23.6 Å². The molecular weight excluding hydrogens is 459 g/mol. The van der Waals surface area contributed by atoms with E-state index in [1.54, 1.807) is 6.07 Å². The number of nitrogens with one attached hydrogen (secondary N) is 3. The van der Waals surface area contributed by atoms with E-state index in [0.29, 0.717) is 11.6 Å². The van der Waals surface area contributed by atoms with Gasteiger partial charge in [-0.15, -0.1) is 0 Å². The molecule has 3 heterocycles. The number of amides is 2. The fourth-order valence-electron chi connectivity index (χ4n) is 2.69. The molecule has 3 N–H and O–H groups in total. The number of hydrogen-bond acceptors (Lipinski definition) is 9. The number of carbonyl (C=O) groups is 2. The summed E-state index contributed by atoms with van der Waals surface area (Å²) in [5.41, 5.74) is -0.718. The van der Waals surface area contributed by atoms with Crippen LogP contribution in [0.2, 0.25) is 0 Å². The molecule has 1 aromatic carbocycles. The van der Waals surface area contributed by atoms with E-state index in [1.165, 1.54) is 36.9 Å². The Morgan fingerprint density at radius 1 is 0.971 bits per heavy atom. The van der Waals surface area contributed by atoms with E-state index in [9.17, 15) is 22.8 Å². The third-order valence-electron chi connectivity index (χ3n) is 4.25. The molecule has 14 heteroatoms. The van der Waals surface area contributed by atoms with Gasteiger partial charge in [0.1, 0.15) is 29.8 Å². The van der Waals surface area contributed by atoms with Gasteiger partial charge in [-0.1, -0.05) is 16.4 Å². The maximum atomic E-state index is 12.8. The maximum Gasteiger partial charge on any atom is 0.416 e. The molecular formula is C20H14F3N7O4. The largest absolute Gasteiger partial charge is 0.416 e. The average Bonchev–Trinajstić information content (AvgIpc) is 3.49. The fraction of sp³-hybridized carbons (Fsp3) is 0.100. The van der Waals surface area contributed by atoms with Crippen LogP contribution in [-0.2, 0) is 12.7 Å². The Labute approximate surface area is 188 Å². The maximum absolute atomic E-state index is 12.8. The molecule has 0 spiro atoms. The molecule has 0 saturated heterocycles. The van der Waals surface area contributed by atoms with Crippen LogP contribution in [0.25, 0.3) is 0 Å². The van der Waals surface area contributed by atoms with Gasteiger partial charge in [0, 0.05) is 23.9 Å². The van der Waals surface area contributed by atoms with Crippen molar-refractivity contribution in [1.82, 2.24) is 25.6 Å². The molecule has 0 unspecified atom stereocenters. The van der Waals surface area contributed by atoms with Crippen molar-refractivity contribution in [2.24, 2.45) is 0 Å². The molecule has 0 aliphatic rings. The van der Waals surface area contributed by atoms with E-state index >= 15 is 0 Å². The highest BCUT2D eigenvalue weighted by atomic mass is 19.4. The van der Waals surface area contributed by atoms with Crippen molar-refractivity contribution < 1.29 is 31.8 Å². The van der Waals surface area contributed by atoms with Gasteiger partial charge < -0.3 is 25.0 Å². The van der Waals surface area contributed by atoms with E-state index in [1.807, 2.05) is 0 Å². The standard InChI is InChI=1S/C20H14F3N7O4/c21-20(22,23)11-2-1-3-12(6-11)27-19(32)15-7-13(29-34-15)9-24-18(31)14-8-17(26-10-25-14)28-16-4-5-33-30-16/h1-8,10H,9H2,(H,24,31)(H,27,32)(H,25,26,28,30). The van der Waals surface area contributed by atoms with Gasteiger partial charge in [-0.05, 0) is 18.2 Å². The van der Waals surface area contributed by atoms with Crippen LogP contribution in [0, 0.1) is 0 Å². The number of benzene rings is 1. The summed E-state index contributed by atoms with van der Waals surface area (Å²) in [6.07, 6.45) is -2.00. The topological polar surface area (TPSA) is 148 Å². The van der Waals surface area contributed by atoms with Crippen molar-refractivity contribution in [3.05, 3.63) is 77.8 Å². The second-order valence-corrected chi connectivity index (χ2v) is 6.70. The van der Waals surface area contributed by atoms with Crippen LogP contribution >= 0.6 is 0 Å². The first kappa shape index (κ1) is 22.4. The van der Waals surface area contributed by atoms with E-state index in [0.717, 1.165) is 12.1 Å². The van der Waals surface area contributed by atoms with Gasteiger partial charge in [0.05, 0.1) is 12.1 Å². The number of aromatic nitrogens is 4. The lowest BCUT2D eigenvalue weighted by molar-refractivity contribution is -0.137. The zero-order valence-corrected chi connectivity index (χ0v) is 17.0. The lowest BCUT2D eigenvalue weighted by Gasteiger charge is -2.08. The minimum absolute atomic E-state index is 0.0482. The first-order chi connectivity index (χ1) is 16.3. The first-order valence-electron chi connectivity index (χ1n) is 9.50. The number of alkyl halides is 3. The highest BCUT2D eigenvalue weighted by molar-refractivity contribution is 6.02. The minimum atomic E-state index is -4.55. The molecule has 34 heavy (non-hydrogen) atoms. The van der Waals surface area contributed by atoms with Crippen LogP contribution < -0.4 is 16.0 Å². The Balaban J connectivity index is 1.34. The van der Waals surface area contributed by atoms with Gasteiger partial charge in [0.25, 0.3) is 11.8 Å². The van der Waals surface area contributed by atoms with Crippen molar-refractivity contribution in [2.75, 3.05) is 10.6 Å². The number of rotatable bonds is 7. The Morgan fingerprint density at radius 3 is 2.59 bits per heavy atom. The SMILES string of the molecule is O=C(NCc1cc(C(=O)Nc2cccc(C(F)(F)F)c2)on1)c1cc(Nc2ccon2)ncn1.